The zero-order valence-corrected chi connectivity index (χ0v) is 14.8. The van der Waals surface area contributed by atoms with Crippen LogP contribution in [0.25, 0.3) is 0 Å². The fourth-order valence-electron chi connectivity index (χ4n) is 3.33. The number of nitrogens with one attached hydrogen (secondary N) is 1. The monoisotopic (exact) mass is 336 g/mol. The van der Waals surface area contributed by atoms with E-state index in [-0.39, 0.29) is 24.2 Å². The van der Waals surface area contributed by atoms with Crippen molar-refractivity contribution in [2.75, 3.05) is 11.9 Å². The number of carbonyl (C=O) groups excluding carboxylic acids is 2. The van der Waals surface area contributed by atoms with Gasteiger partial charge in [-0.2, -0.15) is 0 Å². The molecule has 0 aliphatic carbocycles. The third-order valence-electron chi connectivity index (χ3n) is 4.79. The molecule has 130 valence electrons. The molecule has 0 bridgehead atoms. The zero-order valence-electron chi connectivity index (χ0n) is 14.8. The first-order valence-electron chi connectivity index (χ1n) is 8.79. The van der Waals surface area contributed by atoms with Crippen molar-refractivity contribution in [1.82, 2.24) is 4.90 Å². The van der Waals surface area contributed by atoms with Crippen LogP contribution in [0.1, 0.15) is 30.0 Å². The average Bonchev–Trinajstić information content (AvgIpc) is 2.98. The summed E-state index contributed by atoms with van der Waals surface area (Å²) in [5, 5.41) is 3.06. The van der Waals surface area contributed by atoms with Crippen molar-refractivity contribution in [2.45, 2.75) is 33.2 Å². The van der Waals surface area contributed by atoms with Crippen LogP contribution in [0.5, 0.6) is 0 Å². The van der Waals surface area contributed by atoms with E-state index < -0.39 is 0 Å². The van der Waals surface area contributed by atoms with Crippen molar-refractivity contribution in [1.29, 1.82) is 0 Å². The molecule has 0 saturated carbocycles. The summed E-state index contributed by atoms with van der Waals surface area (Å²) < 4.78 is 0. The molecule has 1 N–H and O–H groups in total. The quantitative estimate of drug-likeness (QED) is 0.908. The Morgan fingerprint density at radius 1 is 1.16 bits per heavy atom. The van der Waals surface area contributed by atoms with E-state index in [0.717, 1.165) is 28.8 Å². The van der Waals surface area contributed by atoms with Crippen LogP contribution in [-0.2, 0) is 22.6 Å². The minimum Gasteiger partial charge on any atom is -0.338 e. The van der Waals surface area contributed by atoms with Crippen LogP contribution in [0.2, 0.25) is 0 Å². The van der Waals surface area contributed by atoms with Gasteiger partial charge in [-0.25, -0.2) is 0 Å². The molecule has 1 aliphatic rings. The van der Waals surface area contributed by atoms with Crippen molar-refractivity contribution < 1.29 is 9.59 Å². The Morgan fingerprint density at radius 3 is 2.64 bits per heavy atom. The molecule has 2 aromatic carbocycles. The highest BCUT2D eigenvalue weighted by Crippen LogP contribution is 2.25. The van der Waals surface area contributed by atoms with Crippen LogP contribution in [0, 0.1) is 12.8 Å². The Labute approximate surface area is 148 Å². The number of benzene rings is 2. The van der Waals surface area contributed by atoms with Gasteiger partial charge < -0.3 is 10.2 Å². The topological polar surface area (TPSA) is 49.4 Å². The Kier molecular flexibility index (Phi) is 5.17. The molecule has 1 unspecified atom stereocenters. The summed E-state index contributed by atoms with van der Waals surface area (Å²) in [6, 6.07) is 15.9. The molecular formula is C21H24N2O2. The van der Waals surface area contributed by atoms with Gasteiger partial charge in [0.05, 0.1) is 5.92 Å². The van der Waals surface area contributed by atoms with Crippen molar-refractivity contribution in [3.63, 3.8) is 0 Å². The molecule has 1 aliphatic heterocycles. The molecule has 3 rings (SSSR count). The molecule has 1 saturated heterocycles. The maximum atomic E-state index is 12.7. The first-order chi connectivity index (χ1) is 12.1. The van der Waals surface area contributed by atoms with Crippen LogP contribution >= 0.6 is 0 Å². The van der Waals surface area contributed by atoms with E-state index in [0.29, 0.717) is 13.1 Å². The van der Waals surface area contributed by atoms with Gasteiger partial charge in [-0.1, -0.05) is 55.5 Å². The van der Waals surface area contributed by atoms with E-state index in [1.165, 1.54) is 0 Å². The Balaban J connectivity index is 1.67. The smallest absolute Gasteiger partial charge is 0.229 e. The Hall–Kier alpha value is -2.62. The summed E-state index contributed by atoms with van der Waals surface area (Å²) in [4.78, 5) is 26.7. The third-order valence-corrected chi connectivity index (χ3v) is 4.79. The predicted octanol–water partition coefficient (Wildman–Crippen LogP) is 3.54. The minimum atomic E-state index is -0.291. The lowest BCUT2D eigenvalue weighted by molar-refractivity contribution is -0.128. The van der Waals surface area contributed by atoms with Crippen molar-refractivity contribution >= 4 is 17.5 Å². The highest BCUT2D eigenvalue weighted by atomic mass is 16.2. The van der Waals surface area contributed by atoms with Gasteiger partial charge in [0, 0.05) is 25.2 Å². The Bertz CT molecular complexity index is 771. The largest absolute Gasteiger partial charge is 0.338 e. The summed E-state index contributed by atoms with van der Waals surface area (Å²) in [6.45, 7) is 5.11. The van der Waals surface area contributed by atoms with Crippen LogP contribution in [-0.4, -0.2) is 23.3 Å². The number of hydrogen-bond donors (Lipinski definition) is 1. The van der Waals surface area contributed by atoms with E-state index >= 15 is 0 Å². The number of hydrogen-bond acceptors (Lipinski definition) is 2. The molecule has 4 nitrogen and oxygen atoms in total. The van der Waals surface area contributed by atoms with Gasteiger partial charge in [0.25, 0.3) is 0 Å². The number of carbonyl (C=O) groups is 2. The standard InChI is InChI=1S/C21H24N2O2/c1-3-17-11-7-8-15(2)20(17)22-21(25)18-12-19(24)23(14-18)13-16-9-5-4-6-10-16/h4-11,18H,3,12-14H2,1-2H3,(H,22,25). The lowest BCUT2D eigenvalue weighted by Crippen LogP contribution is -2.28. The zero-order chi connectivity index (χ0) is 17.8. The first-order valence-corrected chi connectivity index (χ1v) is 8.79. The number of rotatable bonds is 5. The fourth-order valence-corrected chi connectivity index (χ4v) is 3.33. The van der Waals surface area contributed by atoms with E-state index in [4.69, 9.17) is 0 Å². The second-order valence-corrected chi connectivity index (χ2v) is 6.61. The highest BCUT2D eigenvalue weighted by Gasteiger charge is 2.34. The second kappa shape index (κ2) is 7.51. The second-order valence-electron chi connectivity index (χ2n) is 6.61. The molecule has 1 heterocycles. The van der Waals surface area contributed by atoms with Crippen molar-refractivity contribution in [3.8, 4) is 0 Å². The van der Waals surface area contributed by atoms with Gasteiger partial charge in [0.1, 0.15) is 0 Å². The molecular weight excluding hydrogens is 312 g/mol. The molecule has 1 fully saturated rings. The molecule has 2 amide bonds. The number of likely N-dealkylation sites (tertiary alicyclic amines) is 1. The maximum Gasteiger partial charge on any atom is 0.229 e. The SMILES string of the molecule is CCc1cccc(C)c1NC(=O)C1CC(=O)N(Cc2ccccc2)C1. The normalized spacial score (nSPS) is 17.0. The summed E-state index contributed by atoms with van der Waals surface area (Å²) in [5.74, 6) is -0.307. The predicted molar refractivity (Wildman–Crippen MR) is 99.2 cm³/mol. The van der Waals surface area contributed by atoms with Gasteiger partial charge in [-0.05, 0) is 30.0 Å². The number of anilines is 1. The molecule has 0 spiro atoms. The highest BCUT2D eigenvalue weighted by molar-refractivity contribution is 5.98. The molecule has 4 heteroatoms. The molecule has 0 radical (unpaired) electrons. The maximum absolute atomic E-state index is 12.7. The van der Waals surface area contributed by atoms with Crippen LogP contribution in [0.4, 0.5) is 5.69 Å². The van der Waals surface area contributed by atoms with Gasteiger partial charge >= 0.3 is 0 Å². The van der Waals surface area contributed by atoms with Crippen LogP contribution < -0.4 is 5.32 Å². The van der Waals surface area contributed by atoms with E-state index in [1.807, 2.05) is 55.5 Å². The average molecular weight is 336 g/mol. The lowest BCUT2D eigenvalue weighted by Gasteiger charge is -2.18. The Morgan fingerprint density at radius 2 is 1.92 bits per heavy atom. The summed E-state index contributed by atoms with van der Waals surface area (Å²) in [5.41, 5.74) is 4.16. The number of nitrogens with zero attached hydrogens (tertiary/aromatic N) is 1. The van der Waals surface area contributed by atoms with E-state index in [9.17, 15) is 9.59 Å². The van der Waals surface area contributed by atoms with E-state index in [1.54, 1.807) is 4.90 Å². The van der Waals surface area contributed by atoms with Gasteiger partial charge in [0.15, 0.2) is 0 Å². The molecule has 0 aromatic heterocycles. The van der Waals surface area contributed by atoms with Gasteiger partial charge in [-0.3, -0.25) is 9.59 Å². The van der Waals surface area contributed by atoms with Crippen LogP contribution in [0.15, 0.2) is 48.5 Å². The fraction of sp³-hybridized carbons (Fsp3) is 0.333. The number of aryl methyl sites for hydroxylation is 2. The van der Waals surface area contributed by atoms with Crippen LogP contribution in [0.3, 0.4) is 0 Å². The van der Waals surface area contributed by atoms with Gasteiger partial charge in [0.2, 0.25) is 11.8 Å². The number of amides is 2. The first kappa shape index (κ1) is 17.2. The summed E-state index contributed by atoms with van der Waals surface area (Å²) in [6.07, 6.45) is 1.15. The molecule has 2 aromatic rings. The summed E-state index contributed by atoms with van der Waals surface area (Å²) >= 11 is 0. The van der Waals surface area contributed by atoms with Crippen molar-refractivity contribution in [3.05, 3.63) is 65.2 Å². The lowest BCUT2D eigenvalue weighted by atomic mass is 10.0. The van der Waals surface area contributed by atoms with E-state index in [2.05, 4.69) is 12.2 Å². The number of para-hydroxylation sites is 1. The minimum absolute atomic E-state index is 0.0458. The molecule has 1 atom stereocenters. The third kappa shape index (κ3) is 3.90. The summed E-state index contributed by atoms with van der Waals surface area (Å²) in [7, 11) is 0. The van der Waals surface area contributed by atoms with Gasteiger partial charge in [-0.15, -0.1) is 0 Å². The van der Waals surface area contributed by atoms with Crippen molar-refractivity contribution in [2.24, 2.45) is 5.92 Å². The molecule has 25 heavy (non-hydrogen) atoms.